The summed E-state index contributed by atoms with van der Waals surface area (Å²) in [7, 11) is 0. The molecule has 2 N–H and O–H groups in total. The third kappa shape index (κ3) is 1.54. The molecule has 0 saturated heterocycles. The molecule has 1 aromatic rings. The van der Waals surface area contributed by atoms with Crippen LogP contribution < -0.4 is 10.1 Å². The van der Waals surface area contributed by atoms with Gasteiger partial charge in [-0.15, -0.1) is 0 Å². The number of fused-ring (bicyclic) bond motifs is 1. The lowest BCUT2D eigenvalue weighted by atomic mass is 10.0. The molecule has 1 fully saturated rings. The summed E-state index contributed by atoms with van der Waals surface area (Å²) in [5.41, 5.74) is -0.288. The number of aliphatic carboxylic acids is 1. The molecule has 0 spiro atoms. The van der Waals surface area contributed by atoms with Gasteiger partial charge in [0.05, 0.1) is 6.04 Å². The van der Waals surface area contributed by atoms with Crippen LogP contribution in [0.1, 0.15) is 24.4 Å². The maximum atomic E-state index is 12.0. The summed E-state index contributed by atoms with van der Waals surface area (Å²) < 4.78 is 5.44. The van der Waals surface area contributed by atoms with Gasteiger partial charge < -0.3 is 15.2 Å². The number of carbonyl (C=O) groups is 2. The number of benzene rings is 1. The average Bonchev–Trinajstić information content (AvgIpc) is 3.09. The van der Waals surface area contributed by atoms with Crippen molar-refractivity contribution in [2.24, 2.45) is 5.41 Å². The van der Waals surface area contributed by atoms with E-state index in [0.29, 0.717) is 19.4 Å². The Morgan fingerprint density at radius 3 is 2.72 bits per heavy atom. The van der Waals surface area contributed by atoms with Gasteiger partial charge in [-0.25, -0.2) is 0 Å². The predicted octanol–water partition coefficient (Wildman–Crippen LogP) is 1.10. The molecule has 0 aromatic heterocycles. The lowest BCUT2D eigenvalue weighted by Gasteiger charge is -2.15. The van der Waals surface area contributed by atoms with Gasteiger partial charge >= 0.3 is 5.97 Å². The van der Waals surface area contributed by atoms with Crippen molar-refractivity contribution in [1.29, 1.82) is 0 Å². The lowest BCUT2D eigenvalue weighted by Crippen LogP contribution is -2.39. The van der Waals surface area contributed by atoms with Crippen LogP contribution in [0.5, 0.6) is 5.75 Å². The molecule has 1 atom stereocenters. The fourth-order valence-electron chi connectivity index (χ4n) is 2.24. The molecular weight excluding hydrogens is 234 g/mol. The van der Waals surface area contributed by atoms with Crippen molar-refractivity contribution in [2.75, 3.05) is 6.61 Å². The highest BCUT2D eigenvalue weighted by molar-refractivity contribution is 6.05. The van der Waals surface area contributed by atoms with Gasteiger partial charge in [-0.05, 0) is 18.9 Å². The normalized spacial score (nSPS) is 22.8. The molecule has 94 valence electrons. The van der Waals surface area contributed by atoms with Crippen molar-refractivity contribution in [1.82, 2.24) is 5.32 Å². The van der Waals surface area contributed by atoms with E-state index in [1.165, 1.54) is 0 Å². The van der Waals surface area contributed by atoms with Crippen LogP contribution in [0.25, 0.3) is 0 Å². The smallest absolute Gasteiger partial charge is 0.319 e. The van der Waals surface area contributed by atoms with Gasteiger partial charge in [-0.2, -0.15) is 0 Å². The van der Waals surface area contributed by atoms with E-state index >= 15 is 0 Å². The van der Waals surface area contributed by atoms with E-state index in [0.717, 1.165) is 11.3 Å². The van der Waals surface area contributed by atoms with Crippen molar-refractivity contribution in [3.63, 3.8) is 0 Å². The molecule has 1 aromatic carbocycles. The largest absolute Gasteiger partial charge is 0.491 e. The van der Waals surface area contributed by atoms with Crippen LogP contribution in [0.15, 0.2) is 24.3 Å². The first kappa shape index (κ1) is 11.1. The zero-order chi connectivity index (χ0) is 12.8. The second-order valence-corrected chi connectivity index (χ2v) is 4.76. The number of carbonyl (C=O) groups excluding carboxylic acids is 1. The number of ether oxygens (including phenoxy) is 1. The lowest BCUT2D eigenvalue weighted by molar-refractivity contribution is -0.149. The standard InChI is InChI=1S/C13H13NO4/c15-11(13(5-6-13)12(16)17)14-9-7-18-10-4-2-1-3-8(9)10/h1-4,9H,5-7H2,(H,14,15)(H,16,17). The van der Waals surface area contributed by atoms with Crippen molar-refractivity contribution in [2.45, 2.75) is 18.9 Å². The molecule has 18 heavy (non-hydrogen) atoms. The maximum absolute atomic E-state index is 12.0. The minimum atomic E-state index is -1.20. The van der Waals surface area contributed by atoms with Crippen LogP contribution in [0.2, 0.25) is 0 Å². The third-order valence-corrected chi connectivity index (χ3v) is 3.60. The zero-order valence-corrected chi connectivity index (χ0v) is 9.68. The summed E-state index contributed by atoms with van der Waals surface area (Å²) in [6.45, 7) is 0.362. The van der Waals surface area contributed by atoms with E-state index in [9.17, 15) is 9.59 Å². The van der Waals surface area contributed by atoms with Gasteiger partial charge in [0, 0.05) is 5.56 Å². The Kier molecular flexibility index (Phi) is 2.29. The zero-order valence-electron chi connectivity index (χ0n) is 9.68. The second kappa shape index (κ2) is 3.73. The van der Waals surface area contributed by atoms with Crippen LogP contribution in [0.4, 0.5) is 0 Å². The van der Waals surface area contributed by atoms with E-state index in [2.05, 4.69) is 5.32 Å². The summed E-state index contributed by atoms with van der Waals surface area (Å²) in [6.07, 6.45) is 0.840. The molecule has 1 heterocycles. The number of nitrogens with one attached hydrogen (secondary N) is 1. The fourth-order valence-corrected chi connectivity index (χ4v) is 2.24. The highest BCUT2D eigenvalue weighted by Gasteiger charge is 2.57. The molecule has 3 rings (SSSR count). The maximum Gasteiger partial charge on any atom is 0.319 e. The average molecular weight is 247 g/mol. The molecule has 5 nitrogen and oxygen atoms in total. The quantitative estimate of drug-likeness (QED) is 0.784. The molecule has 1 aliphatic carbocycles. The number of carboxylic acid groups (broad SMARTS) is 1. The topological polar surface area (TPSA) is 75.6 Å². The van der Waals surface area contributed by atoms with Crippen LogP contribution >= 0.6 is 0 Å². The fraction of sp³-hybridized carbons (Fsp3) is 0.385. The van der Waals surface area contributed by atoms with Crippen LogP contribution in [-0.2, 0) is 9.59 Å². The first-order valence-electron chi connectivity index (χ1n) is 5.89. The van der Waals surface area contributed by atoms with Crippen molar-refractivity contribution in [3.8, 4) is 5.75 Å². The minimum Gasteiger partial charge on any atom is -0.491 e. The molecule has 5 heteroatoms. The predicted molar refractivity (Wildman–Crippen MR) is 62.1 cm³/mol. The Labute approximate surface area is 104 Å². The van der Waals surface area contributed by atoms with Crippen LogP contribution in [0, 0.1) is 5.41 Å². The van der Waals surface area contributed by atoms with Gasteiger partial charge in [-0.3, -0.25) is 9.59 Å². The van der Waals surface area contributed by atoms with E-state index in [1.807, 2.05) is 24.3 Å². The number of amides is 1. The second-order valence-electron chi connectivity index (χ2n) is 4.76. The molecular formula is C13H13NO4. The first-order chi connectivity index (χ1) is 8.63. The molecule has 1 unspecified atom stereocenters. The number of carboxylic acids is 1. The Hall–Kier alpha value is -2.04. The Morgan fingerprint density at radius 2 is 2.06 bits per heavy atom. The molecule has 0 radical (unpaired) electrons. The molecule has 1 amide bonds. The van der Waals surface area contributed by atoms with Crippen molar-refractivity contribution >= 4 is 11.9 Å². The Morgan fingerprint density at radius 1 is 1.33 bits per heavy atom. The number of hydrogen-bond acceptors (Lipinski definition) is 3. The summed E-state index contributed by atoms with van der Waals surface area (Å²) in [5, 5.41) is 11.8. The van der Waals surface area contributed by atoms with Crippen molar-refractivity contribution < 1.29 is 19.4 Å². The molecule has 1 saturated carbocycles. The monoisotopic (exact) mass is 247 g/mol. The highest BCUT2D eigenvalue weighted by atomic mass is 16.5. The van der Waals surface area contributed by atoms with Gasteiger partial charge in [-0.1, -0.05) is 18.2 Å². The van der Waals surface area contributed by atoms with Gasteiger partial charge in [0.1, 0.15) is 17.8 Å². The molecule has 1 aliphatic heterocycles. The summed E-state index contributed by atoms with van der Waals surface area (Å²) in [5.74, 6) is -0.685. The summed E-state index contributed by atoms with van der Waals surface area (Å²) in [6, 6.07) is 7.21. The van der Waals surface area contributed by atoms with Gasteiger partial charge in [0.2, 0.25) is 5.91 Å². The van der Waals surface area contributed by atoms with Crippen LogP contribution in [0.3, 0.4) is 0 Å². The Bertz CT molecular complexity index is 521. The van der Waals surface area contributed by atoms with E-state index in [-0.39, 0.29) is 6.04 Å². The number of rotatable bonds is 3. The van der Waals surface area contributed by atoms with Crippen molar-refractivity contribution in [3.05, 3.63) is 29.8 Å². The molecule has 2 aliphatic rings. The van der Waals surface area contributed by atoms with Gasteiger partial charge in [0.15, 0.2) is 0 Å². The number of para-hydroxylation sites is 1. The first-order valence-corrected chi connectivity index (χ1v) is 5.89. The number of hydrogen-bond donors (Lipinski definition) is 2. The minimum absolute atomic E-state index is 0.245. The highest BCUT2D eigenvalue weighted by Crippen LogP contribution is 2.46. The summed E-state index contributed by atoms with van der Waals surface area (Å²) in [4.78, 5) is 23.0. The van der Waals surface area contributed by atoms with E-state index < -0.39 is 17.3 Å². The SMILES string of the molecule is O=C(O)C1(C(=O)NC2COc3ccccc32)CC1. The van der Waals surface area contributed by atoms with E-state index in [1.54, 1.807) is 0 Å². The Balaban J connectivity index is 1.76. The molecule has 0 bridgehead atoms. The van der Waals surface area contributed by atoms with Crippen LogP contribution in [-0.4, -0.2) is 23.6 Å². The van der Waals surface area contributed by atoms with Gasteiger partial charge in [0.25, 0.3) is 0 Å². The third-order valence-electron chi connectivity index (χ3n) is 3.60. The van der Waals surface area contributed by atoms with E-state index in [4.69, 9.17) is 9.84 Å². The summed E-state index contributed by atoms with van der Waals surface area (Å²) >= 11 is 0.